The first-order valence-electron chi connectivity index (χ1n) is 7.59. The summed E-state index contributed by atoms with van der Waals surface area (Å²) in [6.45, 7) is 4.67. The van der Waals surface area contributed by atoms with Gasteiger partial charge in [0.15, 0.2) is 5.69 Å². The number of nitrogens with zero attached hydrogens (tertiary/aromatic N) is 3. The van der Waals surface area contributed by atoms with Crippen LogP contribution in [0.2, 0.25) is 0 Å². The van der Waals surface area contributed by atoms with Crippen LogP contribution in [0.25, 0.3) is 5.69 Å². The predicted octanol–water partition coefficient (Wildman–Crippen LogP) is 2.45. The number of aliphatic carboxylic acids is 1. The van der Waals surface area contributed by atoms with Crippen molar-refractivity contribution in [1.82, 2.24) is 14.7 Å². The van der Waals surface area contributed by atoms with E-state index in [-0.39, 0.29) is 24.8 Å². The molecule has 2 aromatic rings. The molecule has 1 amide bonds. The second-order valence-electron chi connectivity index (χ2n) is 5.77. The molecule has 122 valence electrons. The van der Waals surface area contributed by atoms with Crippen molar-refractivity contribution in [2.45, 2.75) is 20.3 Å². The predicted molar refractivity (Wildman–Crippen MR) is 86.6 cm³/mol. The van der Waals surface area contributed by atoms with Gasteiger partial charge in [0.05, 0.1) is 12.1 Å². The highest BCUT2D eigenvalue weighted by molar-refractivity contribution is 5.92. The first-order chi connectivity index (χ1) is 11.0. The van der Waals surface area contributed by atoms with Gasteiger partial charge in [0, 0.05) is 19.3 Å². The molecule has 0 saturated heterocycles. The van der Waals surface area contributed by atoms with Gasteiger partial charge in [0.1, 0.15) is 0 Å². The zero-order chi connectivity index (χ0) is 16.8. The standard InChI is InChI=1S/C17H21N3O3/c1-13(2)12-19(10-9-16(21)22)17(23)15-8-11-20(18-15)14-6-4-3-5-7-14/h3-8,11,13H,9-10,12H2,1-2H3,(H,21,22). The Hall–Kier alpha value is -2.63. The zero-order valence-corrected chi connectivity index (χ0v) is 13.3. The van der Waals surface area contributed by atoms with Gasteiger partial charge in [-0.05, 0) is 24.1 Å². The largest absolute Gasteiger partial charge is 0.481 e. The molecule has 0 unspecified atom stereocenters. The fraction of sp³-hybridized carbons (Fsp3) is 0.353. The van der Waals surface area contributed by atoms with Gasteiger partial charge in [-0.3, -0.25) is 9.59 Å². The van der Waals surface area contributed by atoms with E-state index in [2.05, 4.69) is 5.10 Å². The molecule has 0 aliphatic carbocycles. The number of carbonyl (C=O) groups is 2. The van der Waals surface area contributed by atoms with Gasteiger partial charge in [0.25, 0.3) is 5.91 Å². The van der Waals surface area contributed by atoms with Crippen molar-refractivity contribution >= 4 is 11.9 Å². The van der Waals surface area contributed by atoms with Crippen molar-refractivity contribution in [3.05, 3.63) is 48.3 Å². The van der Waals surface area contributed by atoms with Crippen LogP contribution < -0.4 is 0 Å². The molecule has 0 atom stereocenters. The third-order valence-corrected chi connectivity index (χ3v) is 3.30. The minimum atomic E-state index is -0.915. The summed E-state index contributed by atoms with van der Waals surface area (Å²) < 4.78 is 1.64. The molecular formula is C17H21N3O3. The van der Waals surface area contributed by atoms with Crippen LogP contribution in [-0.2, 0) is 4.79 Å². The molecule has 2 rings (SSSR count). The molecule has 6 heteroatoms. The highest BCUT2D eigenvalue weighted by Gasteiger charge is 2.20. The Labute approximate surface area is 135 Å². The van der Waals surface area contributed by atoms with Gasteiger partial charge in [-0.2, -0.15) is 5.10 Å². The normalized spacial score (nSPS) is 10.7. The molecule has 1 aromatic heterocycles. The van der Waals surface area contributed by atoms with Gasteiger partial charge >= 0.3 is 5.97 Å². The number of aromatic nitrogens is 2. The Morgan fingerprint density at radius 2 is 1.91 bits per heavy atom. The maximum absolute atomic E-state index is 12.6. The molecule has 0 saturated carbocycles. The minimum absolute atomic E-state index is 0.0716. The van der Waals surface area contributed by atoms with Gasteiger partial charge in [-0.1, -0.05) is 32.0 Å². The topological polar surface area (TPSA) is 75.4 Å². The monoisotopic (exact) mass is 315 g/mol. The number of para-hydroxylation sites is 1. The van der Waals surface area contributed by atoms with Crippen LogP contribution in [0, 0.1) is 5.92 Å². The van der Waals surface area contributed by atoms with E-state index in [0.717, 1.165) is 5.69 Å². The third kappa shape index (κ3) is 4.67. The lowest BCUT2D eigenvalue weighted by Gasteiger charge is -2.23. The Bertz CT molecular complexity index is 665. The lowest BCUT2D eigenvalue weighted by molar-refractivity contribution is -0.137. The molecular weight excluding hydrogens is 294 g/mol. The van der Waals surface area contributed by atoms with Crippen molar-refractivity contribution in [3.63, 3.8) is 0 Å². The summed E-state index contributed by atoms with van der Waals surface area (Å²) in [5, 5.41) is 13.2. The van der Waals surface area contributed by atoms with Crippen LogP contribution in [0.4, 0.5) is 0 Å². The number of carboxylic acid groups (broad SMARTS) is 1. The van der Waals surface area contributed by atoms with Crippen LogP contribution in [0.3, 0.4) is 0 Å². The molecule has 1 aromatic carbocycles. The average molecular weight is 315 g/mol. The molecule has 0 radical (unpaired) electrons. The number of amides is 1. The molecule has 0 bridgehead atoms. The maximum Gasteiger partial charge on any atom is 0.305 e. The summed E-state index contributed by atoms with van der Waals surface area (Å²) >= 11 is 0. The molecule has 1 heterocycles. The van der Waals surface area contributed by atoms with Crippen molar-refractivity contribution in [2.24, 2.45) is 5.92 Å². The highest BCUT2D eigenvalue weighted by atomic mass is 16.4. The quantitative estimate of drug-likeness (QED) is 0.851. The fourth-order valence-corrected chi connectivity index (χ4v) is 2.27. The number of rotatable bonds is 7. The third-order valence-electron chi connectivity index (χ3n) is 3.30. The molecule has 0 fully saturated rings. The number of hydrogen-bond donors (Lipinski definition) is 1. The Morgan fingerprint density at radius 1 is 1.22 bits per heavy atom. The second-order valence-corrected chi connectivity index (χ2v) is 5.77. The van der Waals surface area contributed by atoms with Crippen LogP contribution >= 0.6 is 0 Å². The number of carbonyl (C=O) groups excluding carboxylic acids is 1. The fourth-order valence-electron chi connectivity index (χ4n) is 2.27. The van der Waals surface area contributed by atoms with Crippen molar-refractivity contribution < 1.29 is 14.7 Å². The number of hydrogen-bond acceptors (Lipinski definition) is 3. The number of carboxylic acids is 1. The zero-order valence-electron chi connectivity index (χ0n) is 13.3. The van der Waals surface area contributed by atoms with Crippen LogP contribution in [0.1, 0.15) is 30.8 Å². The smallest absolute Gasteiger partial charge is 0.305 e. The Morgan fingerprint density at radius 3 is 2.52 bits per heavy atom. The first kappa shape index (κ1) is 16.7. The van der Waals surface area contributed by atoms with E-state index in [1.54, 1.807) is 21.8 Å². The van der Waals surface area contributed by atoms with E-state index in [0.29, 0.717) is 12.2 Å². The van der Waals surface area contributed by atoms with Gasteiger partial charge < -0.3 is 10.0 Å². The summed E-state index contributed by atoms with van der Waals surface area (Å²) in [6, 6.07) is 11.2. The van der Waals surface area contributed by atoms with Crippen molar-refractivity contribution in [2.75, 3.05) is 13.1 Å². The van der Waals surface area contributed by atoms with Crippen molar-refractivity contribution in [3.8, 4) is 5.69 Å². The van der Waals surface area contributed by atoms with E-state index >= 15 is 0 Å². The highest BCUT2D eigenvalue weighted by Crippen LogP contribution is 2.10. The molecule has 0 spiro atoms. The molecule has 0 aliphatic rings. The Kier molecular flexibility index (Phi) is 5.51. The van der Waals surface area contributed by atoms with Crippen molar-refractivity contribution in [1.29, 1.82) is 0 Å². The SMILES string of the molecule is CC(C)CN(CCC(=O)O)C(=O)c1ccn(-c2ccccc2)n1. The van der Waals surface area contributed by atoms with Crippen LogP contribution in [0.5, 0.6) is 0 Å². The van der Waals surface area contributed by atoms with Gasteiger partial charge in [-0.25, -0.2) is 4.68 Å². The van der Waals surface area contributed by atoms with Crippen LogP contribution in [0.15, 0.2) is 42.6 Å². The van der Waals surface area contributed by atoms with E-state index in [1.807, 2.05) is 44.2 Å². The van der Waals surface area contributed by atoms with Gasteiger partial charge in [0.2, 0.25) is 0 Å². The summed E-state index contributed by atoms with van der Waals surface area (Å²) in [5.74, 6) is -0.903. The van der Waals surface area contributed by atoms with Gasteiger partial charge in [-0.15, -0.1) is 0 Å². The van der Waals surface area contributed by atoms with E-state index < -0.39 is 5.97 Å². The summed E-state index contributed by atoms with van der Waals surface area (Å²) in [4.78, 5) is 24.9. The van der Waals surface area contributed by atoms with E-state index in [9.17, 15) is 9.59 Å². The lowest BCUT2D eigenvalue weighted by atomic mass is 10.2. The Balaban J connectivity index is 2.16. The van der Waals surface area contributed by atoms with Crippen LogP contribution in [-0.4, -0.2) is 44.8 Å². The molecule has 23 heavy (non-hydrogen) atoms. The lowest BCUT2D eigenvalue weighted by Crippen LogP contribution is -2.36. The first-order valence-corrected chi connectivity index (χ1v) is 7.59. The summed E-state index contributed by atoms with van der Waals surface area (Å²) in [7, 11) is 0. The second kappa shape index (κ2) is 7.58. The summed E-state index contributed by atoms with van der Waals surface area (Å²) in [6.07, 6.45) is 1.66. The maximum atomic E-state index is 12.6. The molecule has 6 nitrogen and oxygen atoms in total. The average Bonchev–Trinajstić information content (AvgIpc) is 3.01. The van der Waals surface area contributed by atoms with E-state index in [4.69, 9.17) is 5.11 Å². The summed E-state index contributed by atoms with van der Waals surface area (Å²) in [5.41, 5.74) is 1.19. The molecule has 1 N–H and O–H groups in total. The molecule has 0 aliphatic heterocycles. The minimum Gasteiger partial charge on any atom is -0.481 e. The van der Waals surface area contributed by atoms with E-state index in [1.165, 1.54) is 0 Å². The number of benzene rings is 1.